The van der Waals surface area contributed by atoms with Crippen LogP contribution in [-0.4, -0.2) is 6.29 Å². The minimum atomic E-state index is 0.637. The van der Waals surface area contributed by atoms with Gasteiger partial charge in [-0.1, -0.05) is 13.8 Å². The Morgan fingerprint density at radius 3 is 2.67 bits per heavy atom. The highest BCUT2D eigenvalue weighted by atomic mass is 16.1. The second-order valence-corrected chi connectivity index (χ2v) is 3.26. The van der Waals surface area contributed by atoms with E-state index >= 15 is 0 Å². The zero-order chi connectivity index (χ0) is 6.85. The second kappa shape index (κ2) is 2.51. The molecule has 0 spiro atoms. The molecule has 1 aliphatic rings. The fraction of sp³-hybridized carbons (Fsp3) is 0.875. The molecular formula is C8H14O. The molecule has 1 saturated carbocycles. The zero-order valence-corrected chi connectivity index (χ0v) is 6.13. The third kappa shape index (κ3) is 1.54. The van der Waals surface area contributed by atoms with Crippen molar-refractivity contribution in [2.75, 3.05) is 0 Å². The number of aldehydes is 1. The van der Waals surface area contributed by atoms with Crippen molar-refractivity contribution in [3.05, 3.63) is 0 Å². The van der Waals surface area contributed by atoms with Crippen LogP contribution < -0.4 is 0 Å². The van der Waals surface area contributed by atoms with Gasteiger partial charge in [0.2, 0.25) is 0 Å². The van der Waals surface area contributed by atoms with Gasteiger partial charge in [-0.25, -0.2) is 0 Å². The summed E-state index contributed by atoms with van der Waals surface area (Å²) in [6.07, 6.45) is 3.14. The van der Waals surface area contributed by atoms with Gasteiger partial charge in [-0.15, -0.1) is 0 Å². The van der Waals surface area contributed by atoms with Crippen molar-refractivity contribution in [3.8, 4) is 0 Å². The van der Waals surface area contributed by atoms with E-state index in [1.165, 1.54) is 6.42 Å². The van der Waals surface area contributed by atoms with Crippen molar-refractivity contribution >= 4 is 6.29 Å². The topological polar surface area (TPSA) is 17.1 Å². The van der Waals surface area contributed by atoms with Gasteiger partial charge < -0.3 is 4.79 Å². The van der Waals surface area contributed by atoms with E-state index in [1.54, 1.807) is 0 Å². The molecule has 52 valence electrons. The Labute approximate surface area is 56.4 Å². The van der Waals surface area contributed by atoms with E-state index in [0.717, 1.165) is 24.5 Å². The summed E-state index contributed by atoms with van der Waals surface area (Å²) < 4.78 is 0. The summed E-state index contributed by atoms with van der Waals surface area (Å²) in [4.78, 5) is 10.1. The Morgan fingerprint density at radius 2 is 2.33 bits per heavy atom. The Hall–Kier alpha value is -0.330. The number of carbonyl (C=O) groups excluding carboxylic acids is 1. The molecule has 1 heteroatoms. The molecule has 0 aromatic rings. The van der Waals surface area contributed by atoms with Crippen molar-refractivity contribution < 1.29 is 4.79 Å². The molecular weight excluding hydrogens is 112 g/mol. The Morgan fingerprint density at radius 1 is 1.78 bits per heavy atom. The molecule has 0 aromatic carbocycles. The molecule has 1 aliphatic carbocycles. The normalized spacial score (nSPS) is 35.8. The fourth-order valence-corrected chi connectivity index (χ4v) is 1.47. The molecule has 3 atom stereocenters. The highest BCUT2D eigenvalue weighted by molar-refractivity contribution is 5.49. The van der Waals surface area contributed by atoms with Gasteiger partial charge in [0.15, 0.2) is 0 Å². The van der Waals surface area contributed by atoms with Crippen LogP contribution >= 0.6 is 0 Å². The first-order chi connectivity index (χ1) is 4.25. The van der Waals surface area contributed by atoms with Gasteiger partial charge in [-0.05, 0) is 24.2 Å². The van der Waals surface area contributed by atoms with Crippen LogP contribution in [0, 0.1) is 17.8 Å². The molecule has 9 heavy (non-hydrogen) atoms. The summed E-state index contributed by atoms with van der Waals surface area (Å²) in [5.74, 6) is 2.38. The van der Waals surface area contributed by atoms with Crippen LogP contribution in [0.2, 0.25) is 0 Å². The first-order valence-electron chi connectivity index (χ1n) is 3.69. The Bertz CT molecular complexity index is 109. The monoisotopic (exact) mass is 126 g/mol. The lowest BCUT2D eigenvalue weighted by atomic mass is 10.0. The number of rotatable bonds is 3. The second-order valence-electron chi connectivity index (χ2n) is 3.26. The van der Waals surface area contributed by atoms with E-state index in [2.05, 4.69) is 13.8 Å². The van der Waals surface area contributed by atoms with Gasteiger partial charge in [0.25, 0.3) is 0 Å². The van der Waals surface area contributed by atoms with Gasteiger partial charge in [-0.3, -0.25) is 0 Å². The maximum Gasteiger partial charge on any atom is 0.120 e. The van der Waals surface area contributed by atoms with Gasteiger partial charge in [0.05, 0.1) is 0 Å². The number of carbonyl (C=O) groups is 1. The number of hydrogen-bond donors (Lipinski definition) is 0. The predicted octanol–water partition coefficient (Wildman–Crippen LogP) is 1.87. The van der Waals surface area contributed by atoms with Crippen molar-refractivity contribution in [1.82, 2.24) is 0 Å². The van der Waals surface area contributed by atoms with Crippen molar-refractivity contribution in [2.24, 2.45) is 17.8 Å². The summed E-state index contributed by atoms with van der Waals surface area (Å²) in [5.41, 5.74) is 0. The summed E-state index contributed by atoms with van der Waals surface area (Å²) in [7, 11) is 0. The maximum atomic E-state index is 10.1. The molecule has 0 saturated heterocycles. The smallest absolute Gasteiger partial charge is 0.120 e. The predicted molar refractivity (Wildman–Crippen MR) is 37.1 cm³/mol. The van der Waals surface area contributed by atoms with Crippen molar-refractivity contribution in [3.63, 3.8) is 0 Å². The average Bonchev–Trinajstić information content (AvgIpc) is 2.47. The van der Waals surface area contributed by atoms with Gasteiger partial charge in [0.1, 0.15) is 6.29 Å². The lowest BCUT2D eigenvalue weighted by molar-refractivity contribution is -0.108. The number of hydrogen-bond acceptors (Lipinski definition) is 1. The van der Waals surface area contributed by atoms with E-state index in [4.69, 9.17) is 0 Å². The quantitative estimate of drug-likeness (QED) is 0.527. The lowest BCUT2D eigenvalue weighted by Gasteiger charge is -2.02. The van der Waals surface area contributed by atoms with E-state index in [0.29, 0.717) is 5.92 Å². The van der Waals surface area contributed by atoms with Gasteiger partial charge in [0, 0.05) is 6.42 Å². The van der Waals surface area contributed by atoms with Crippen LogP contribution in [0.25, 0.3) is 0 Å². The molecule has 1 nitrogen and oxygen atoms in total. The molecule has 0 bridgehead atoms. The summed E-state index contributed by atoms with van der Waals surface area (Å²) in [6, 6.07) is 0. The lowest BCUT2D eigenvalue weighted by Crippen LogP contribution is -1.98. The largest absolute Gasteiger partial charge is 0.303 e. The third-order valence-electron chi connectivity index (χ3n) is 2.37. The fourth-order valence-electron chi connectivity index (χ4n) is 1.47. The zero-order valence-electron chi connectivity index (χ0n) is 6.13. The molecule has 0 radical (unpaired) electrons. The summed E-state index contributed by atoms with van der Waals surface area (Å²) in [6.45, 7) is 4.43. The van der Waals surface area contributed by atoms with Crippen LogP contribution in [0.4, 0.5) is 0 Å². The Kier molecular flexibility index (Phi) is 1.89. The summed E-state index contributed by atoms with van der Waals surface area (Å²) in [5, 5.41) is 0. The first kappa shape index (κ1) is 6.79. The van der Waals surface area contributed by atoms with Crippen LogP contribution in [0.5, 0.6) is 0 Å². The summed E-state index contributed by atoms with van der Waals surface area (Å²) >= 11 is 0. The first-order valence-corrected chi connectivity index (χ1v) is 3.69. The minimum absolute atomic E-state index is 0.637. The molecule has 1 rings (SSSR count). The van der Waals surface area contributed by atoms with Crippen LogP contribution in [-0.2, 0) is 4.79 Å². The highest BCUT2D eigenvalue weighted by Gasteiger charge is 2.36. The average molecular weight is 126 g/mol. The third-order valence-corrected chi connectivity index (χ3v) is 2.37. The maximum absolute atomic E-state index is 10.1. The van der Waals surface area contributed by atoms with Gasteiger partial charge >= 0.3 is 0 Å². The molecule has 1 fully saturated rings. The van der Waals surface area contributed by atoms with E-state index in [9.17, 15) is 4.79 Å². The Balaban J connectivity index is 2.18. The van der Waals surface area contributed by atoms with Crippen molar-refractivity contribution in [2.45, 2.75) is 26.7 Å². The van der Waals surface area contributed by atoms with Crippen LogP contribution in [0.3, 0.4) is 0 Å². The molecule has 0 aromatic heterocycles. The molecule has 0 heterocycles. The molecule has 0 N–H and O–H groups in total. The van der Waals surface area contributed by atoms with Crippen molar-refractivity contribution in [1.29, 1.82) is 0 Å². The molecule has 0 aliphatic heterocycles. The van der Waals surface area contributed by atoms with E-state index in [1.807, 2.05) is 0 Å². The highest BCUT2D eigenvalue weighted by Crippen LogP contribution is 2.44. The van der Waals surface area contributed by atoms with Gasteiger partial charge in [-0.2, -0.15) is 0 Å². The molecule has 0 amide bonds. The minimum Gasteiger partial charge on any atom is -0.303 e. The van der Waals surface area contributed by atoms with Crippen LogP contribution in [0.1, 0.15) is 26.7 Å². The van der Waals surface area contributed by atoms with E-state index < -0.39 is 0 Å². The molecule has 1 unspecified atom stereocenters. The van der Waals surface area contributed by atoms with Crippen LogP contribution in [0.15, 0.2) is 0 Å². The standard InChI is InChI=1S/C8H14O/c1-6(3-4-9)8-5-7(8)2/h4,6-8H,3,5H2,1-2H3/t6-,7-,8?/m0/s1. The SMILES string of the molecule is C[C@@H](CC=O)C1C[C@@H]1C. The van der Waals surface area contributed by atoms with E-state index in [-0.39, 0.29) is 0 Å².